The van der Waals surface area contributed by atoms with Crippen molar-refractivity contribution in [3.63, 3.8) is 0 Å². The Morgan fingerprint density at radius 1 is 1.15 bits per heavy atom. The predicted molar refractivity (Wildman–Crippen MR) is 97.2 cm³/mol. The van der Waals surface area contributed by atoms with Crippen LogP contribution in [-0.4, -0.2) is 19.0 Å². The molecule has 4 nitrogen and oxygen atoms in total. The molecule has 26 heavy (non-hydrogen) atoms. The SMILES string of the molecule is CCC(NC(C)CC(=O)NC)c1ccc(F)c(Oc2ccccc2)c1F. The fourth-order valence-corrected chi connectivity index (χ4v) is 2.73. The van der Waals surface area contributed by atoms with Crippen LogP contribution >= 0.6 is 0 Å². The fourth-order valence-electron chi connectivity index (χ4n) is 2.73. The van der Waals surface area contributed by atoms with Gasteiger partial charge in [0, 0.05) is 31.1 Å². The van der Waals surface area contributed by atoms with E-state index >= 15 is 0 Å². The van der Waals surface area contributed by atoms with Crippen molar-refractivity contribution < 1.29 is 18.3 Å². The third-order valence-electron chi connectivity index (χ3n) is 4.08. The number of carbonyl (C=O) groups excluding carboxylic acids is 1. The van der Waals surface area contributed by atoms with Gasteiger partial charge in [0.2, 0.25) is 5.91 Å². The van der Waals surface area contributed by atoms with Crippen molar-refractivity contribution in [2.45, 2.75) is 38.8 Å². The number of amides is 1. The second-order valence-corrected chi connectivity index (χ2v) is 6.10. The van der Waals surface area contributed by atoms with Crippen molar-refractivity contribution in [3.8, 4) is 11.5 Å². The van der Waals surface area contributed by atoms with Gasteiger partial charge in [-0.15, -0.1) is 0 Å². The summed E-state index contributed by atoms with van der Waals surface area (Å²) in [5.74, 6) is -1.67. The van der Waals surface area contributed by atoms with E-state index in [0.717, 1.165) is 0 Å². The van der Waals surface area contributed by atoms with Gasteiger partial charge in [0.1, 0.15) is 5.75 Å². The number of hydrogen-bond donors (Lipinski definition) is 2. The first-order valence-corrected chi connectivity index (χ1v) is 8.63. The van der Waals surface area contributed by atoms with Gasteiger partial charge in [0.15, 0.2) is 17.4 Å². The second kappa shape index (κ2) is 9.29. The Labute approximate surface area is 152 Å². The quantitative estimate of drug-likeness (QED) is 0.735. The summed E-state index contributed by atoms with van der Waals surface area (Å²) in [6.45, 7) is 3.74. The van der Waals surface area contributed by atoms with Crippen LogP contribution < -0.4 is 15.4 Å². The van der Waals surface area contributed by atoms with E-state index in [-0.39, 0.29) is 24.4 Å². The lowest BCUT2D eigenvalue weighted by Gasteiger charge is -2.23. The van der Waals surface area contributed by atoms with Crippen molar-refractivity contribution in [3.05, 3.63) is 59.7 Å². The Morgan fingerprint density at radius 2 is 1.85 bits per heavy atom. The summed E-state index contributed by atoms with van der Waals surface area (Å²) < 4.78 is 34.5. The molecule has 2 aromatic carbocycles. The Morgan fingerprint density at radius 3 is 2.46 bits per heavy atom. The van der Waals surface area contributed by atoms with Crippen LogP contribution in [0.2, 0.25) is 0 Å². The van der Waals surface area contributed by atoms with Gasteiger partial charge < -0.3 is 15.4 Å². The van der Waals surface area contributed by atoms with Gasteiger partial charge in [-0.2, -0.15) is 0 Å². The molecule has 2 unspecified atom stereocenters. The number of para-hydroxylation sites is 1. The molecular formula is C20H24F2N2O2. The minimum Gasteiger partial charge on any atom is -0.451 e. The maximum atomic E-state index is 15.0. The summed E-state index contributed by atoms with van der Waals surface area (Å²) in [7, 11) is 1.57. The van der Waals surface area contributed by atoms with Crippen molar-refractivity contribution in [2.75, 3.05) is 7.05 Å². The number of hydrogen-bond acceptors (Lipinski definition) is 3. The molecule has 0 saturated carbocycles. The Balaban J connectivity index is 2.24. The summed E-state index contributed by atoms with van der Waals surface area (Å²) in [6.07, 6.45) is 0.842. The zero-order chi connectivity index (χ0) is 19.1. The van der Waals surface area contributed by atoms with Crippen LogP contribution in [0.5, 0.6) is 11.5 Å². The Bertz CT molecular complexity index is 738. The molecule has 2 N–H and O–H groups in total. The lowest BCUT2D eigenvalue weighted by atomic mass is 10.0. The Kier molecular flexibility index (Phi) is 7.09. The predicted octanol–water partition coefficient (Wildman–Crippen LogP) is 4.32. The van der Waals surface area contributed by atoms with Gasteiger partial charge in [-0.25, -0.2) is 8.78 Å². The van der Waals surface area contributed by atoms with Gasteiger partial charge in [-0.05, 0) is 31.5 Å². The summed E-state index contributed by atoms with van der Waals surface area (Å²) in [5.41, 5.74) is 0.309. The van der Waals surface area contributed by atoms with Crippen LogP contribution in [-0.2, 0) is 4.79 Å². The molecule has 2 rings (SSSR count). The molecule has 140 valence electrons. The van der Waals surface area contributed by atoms with E-state index in [9.17, 15) is 13.6 Å². The molecule has 0 radical (unpaired) electrons. The molecule has 6 heteroatoms. The van der Waals surface area contributed by atoms with Gasteiger partial charge in [0.25, 0.3) is 0 Å². The van der Waals surface area contributed by atoms with E-state index in [0.29, 0.717) is 17.7 Å². The minimum absolute atomic E-state index is 0.104. The fraction of sp³-hybridized carbons (Fsp3) is 0.350. The van der Waals surface area contributed by atoms with Crippen LogP contribution in [0.1, 0.15) is 38.3 Å². The van der Waals surface area contributed by atoms with Crippen molar-refractivity contribution in [1.29, 1.82) is 0 Å². The van der Waals surface area contributed by atoms with E-state index in [1.165, 1.54) is 12.1 Å². The second-order valence-electron chi connectivity index (χ2n) is 6.10. The lowest BCUT2D eigenvalue weighted by Crippen LogP contribution is -2.35. The molecule has 0 aromatic heterocycles. The molecule has 0 saturated heterocycles. The number of carbonyl (C=O) groups is 1. The zero-order valence-electron chi connectivity index (χ0n) is 15.2. The summed E-state index contributed by atoms with van der Waals surface area (Å²) in [6, 6.07) is 10.6. The highest BCUT2D eigenvalue weighted by atomic mass is 19.1. The standard InChI is InChI=1S/C20H24F2N2O2/c1-4-17(24-13(2)12-18(25)23-3)15-10-11-16(21)20(19(15)22)26-14-8-6-5-7-9-14/h5-11,13,17,24H,4,12H2,1-3H3,(H,23,25). The average molecular weight is 362 g/mol. The number of benzene rings is 2. The van der Waals surface area contributed by atoms with Gasteiger partial charge in [-0.1, -0.05) is 31.2 Å². The molecule has 0 aliphatic rings. The van der Waals surface area contributed by atoms with E-state index in [4.69, 9.17) is 4.74 Å². The molecule has 0 spiro atoms. The smallest absolute Gasteiger partial charge is 0.221 e. The van der Waals surface area contributed by atoms with Crippen molar-refractivity contribution in [2.24, 2.45) is 0 Å². The molecule has 0 fully saturated rings. The molecule has 0 aliphatic heterocycles. The van der Waals surface area contributed by atoms with Crippen molar-refractivity contribution in [1.82, 2.24) is 10.6 Å². The summed E-state index contributed by atoms with van der Waals surface area (Å²) >= 11 is 0. The molecule has 2 atom stereocenters. The van der Waals surface area contributed by atoms with Crippen LogP contribution in [0.25, 0.3) is 0 Å². The van der Waals surface area contributed by atoms with Crippen LogP contribution in [0, 0.1) is 11.6 Å². The monoisotopic (exact) mass is 362 g/mol. The molecular weight excluding hydrogens is 338 g/mol. The first kappa shape index (κ1) is 19.8. The highest BCUT2D eigenvalue weighted by Crippen LogP contribution is 2.33. The van der Waals surface area contributed by atoms with Gasteiger partial charge in [-0.3, -0.25) is 4.79 Å². The summed E-state index contributed by atoms with van der Waals surface area (Å²) in [5, 5.41) is 5.78. The van der Waals surface area contributed by atoms with E-state index in [2.05, 4.69) is 10.6 Å². The third kappa shape index (κ3) is 5.02. The van der Waals surface area contributed by atoms with E-state index in [1.807, 2.05) is 13.8 Å². The van der Waals surface area contributed by atoms with Crippen LogP contribution in [0.3, 0.4) is 0 Å². The highest BCUT2D eigenvalue weighted by molar-refractivity contribution is 5.76. The summed E-state index contributed by atoms with van der Waals surface area (Å²) in [4.78, 5) is 11.5. The normalized spacial score (nSPS) is 13.1. The lowest BCUT2D eigenvalue weighted by molar-refractivity contribution is -0.121. The number of halogens is 2. The minimum atomic E-state index is -0.761. The first-order valence-electron chi connectivity index (χ1n) is 8.63. The molecule has 0 heterocycles. The van der Waals surface area contributed by atoms with Gasteiger partial charge in [0.05, 0.1) is 0 Å². The van der Waals surface area contributed by atoms with Crippen LogP contribution in [0.15, 0.2) is 42.5 Å². The van der Waals surface area contributed by atoms with E-state index < -0.39 is 17.4 Å². The van der Waals surface area contributed by atoms with Crippen molar-refractivity contribution >= 4 is 5.91 Å². The molecule has 1 amide bonds. The van der Waals surface area contributed by atoms with Gasteiger partial charge >= 0.3 is 0 Å². The molecule has 0 aliphatic carbocycles. The largest absolute Gasteiger partial charge is 0.451 e. The molecule has 2 aromatic rings. The topological polar surface area (TPSA) is 50.4 Å². The number of nitrogens with one attached hydrogen (secondary N) is 2. The number of rotatable bonds is 8. The average Bonchev–Trinajstić information content (AvgIpc) is 2.64. The zero-order valence-corrected chi connectivity index (χ0v) is 15.2. The maximum Gasteiger partial charge on any atom is 0.221 e. The molecule has 0 bridgehead atoms. The maximum absolute atomic E-state index is 15.0. The third-order valence-corrected chi connectivity index (χ3v) is 4.08. The number of ether oxygens (including phenoxy) is 1. The first-order chi connectivity index (χ1) is 12.5. The Hall–Kier alpha value is -2.47. The van der Waals surface area contributed by atoms with E-state index in [1.54, 1.807) is 37.4 Å². The van der Waals surface area contributed by atoms with Crippen LogP contribution in [0.4, 0.5) is 8.78 Å². The highest BCUT2D eigenvalue weighted by Gasteiger charge is 2.23.